The minimum atomic E-state index is -3.03. The highest BCUT2D eigenvalue weighted by atomic mass is 35.5. The summed E-state index contributed by atoms with van der Waals surface area (Å²) in [5.74, 6) is 0.220. The van der Waals surface area contributed by atoms with Gasteiger partial charge in [0.05, 0.1) is 16.5 Å². The predicted octanol–water partition coefficient (Wildman–Crippen LogP) is 1.49. The van der Waals surface area contributed by atoms with Gasteiger partial charge in [-0.3, -0.25) is 4.79 Å². The molecular weight excluding hydrogens is 354 g/mol. The molecule has 1 aromatic carbocycles. The average molecular weight is 370 g/mol. The molecule has 2 aromatic rings. The Bertz CT molecular complexity index is 850. The van der Waals surface area contributed by atoms with Crippen molar-refractivity contribution in [2.24, 2.45) is 0 Å². The highest BCUT2D eigenvalue weighted by Gasteiger charge is 2.29. The minimum Gasteiger partial charge on any atom is -0.470 e. The molecule has 0 radical (unpaired) electrons. The number of benzene rings is 1. The van der Waals surface area contributed by atoms with E-state index in [-0.39, 0.29) is 30.0 Å². The first kappa shape index (κ1) is 16.8. The Labute approximate surface area is 144 Å². The average Bonchev–Trinajstić information content (AvgIpc) is 3.13. The van der Waals surface area contributed by atoms with Crippen LogP contribution in [0.15, 0.2) is 36.5 Å². The van der Waals surface area contributed by atoms with Crippen LogP contribution in [-0.2, 0) is 16.6 Å². The van der Waals surface area contributed by atoms with Gasteiger partial charge in [-0.1, -0.05) is 23.7 Å². The van der Waals surface area contributed by atoms with Crippen molar-refractivity contribution in [3.63, 3.8) is 0 Å². The van der Waals surface area contributed by atoms with Crippen molar-refractivity contribution in [2.75, 3.05) is 11.5 Å². The van der Waals surface area contributed by atoms with E-state index in [0.29, 0.717) is 17.2 Å². The van der Waals surface area contributed by atoms with E-state index in [9.17, 15) is 13.2 Å². The molecule has 0 saturated carbocycles. The molecule has 128 valence electrons. The van der Waals surface area contributed by atoms with E-state index in [1.807, 2.05) is 0 Å². The first-order valence-electron chi connectivity index (χ1n) is 7.35. The molecule has 3 rings (SSSR count). The van der Waals surface area contributed by atoms with Gasteiger partial charge in [-0.25, -0.2) is 13.1 Å². The SMILES string of the molecule is O=C(NC1CCS(=O)(=O)C1)c1ccn(COc2ccccc2Cl)n1. The van der Waals surface area contributed by atoms with Crippen molar-refractivity contribution in [3.05, 3.63) is 47.2 Å². The summed E-state index contributed by atoms with van der Waals surface area (Å²) in [5, 5.41) is 7.30. The van der Waals surface area contributed by atoms with Crippen molar-refractivity contribution in [1.82, 2.24) is 15.1 Å². The van der Waals surface area contributed by atoms with E-state index in [1.165, 1.54) is 4.68 Å². The Kier molecular flexibility index (Phi) is 4.77. The largest absolute Gasteiger partial charge is 0.470 e. The molecule has 1 unspecified atom stereocenters. The van der Waals surface area contributed by atoms with Crippen LogP contribution < -0.4 is 10.1 Å². The number of aromatic nitrogens is 2. The second kappa shape index (κ2) is 6.82. The summed E-state index contributed by atoms with van der Waals surface area (Å²) >= 11 is 6.00. The molecule has 0 bridgehead atoms. The summed E-state index contributed by atoms with van der Waals surface area (Å²) in [6.07, 6.45) is 2.04. The zero-order valence-electron chi connectivity index (χ0n) is 12.7. The molecule has 9 heteroatoms. The number of hydrogen-bond donors (Lipinski definition) is 1. The van der Waals surface area contributed by atoms with Crippen LogP contribution in [0.2, 0.25) is 5.02 Å². The minimum absolute atomic E-state index is 0.0188. The molecular formula is C15H16ClN3O4S. The fourth-order valence-electron chi connectivity index (χ4n) is 2.42. The fraction of sp³-hybridized carbons (Fsp3) is 0.333. The Morgan fingerprint density at radius 2 is 2.17 bits per heavy atom. The Morgan fingerprint density at radius 1 is 1.38 bits per heavy atom. The number of ether oxygens (including phenoxy) is 1. The molecule has 1 aliphatic rings. The van der Waals surface area contributed by atoms with Crippen LogP contribution in [0.3, 0.4) is 0 Å². The molecule has 1 aromatic heterocycles. The number of sulfone groups is 1. The molecule has 1 fully saturated rings. The van der Waals surface area contributed by atoms with E-state index >= 15 is 0 Å². The molecule has 1 N–H and O–H groups in total. The van der Waals surface area contributed by atoms with Gasteiger partial charge in [0.25, 0.3) is 5.91 Å². The summed E-state index contributed by atoms with van der Waals surface area (Å²) in [5.41, 5.74) is 0.210. The molecule has 0 spiro atoms. The Balaban J connectivity index is 1.57. The van der Waals surface area contributed by atoms with Crippen molar-refractivity contribution in [1.29, 1.82) is 0 Å². The first-order chi connectivity index (χ1) is 11.4. The van der Waals surface area contributed by atoms with Crippen LogP contribution in [0, 0.1) is 0 Å². The topological polar surface area (TPSA) is 90.3 Å². The van der Waals surface area contributed by atoms with E-state index in [0.717, 1.165) is 0 Å². The molecule has 1 saturated heterocycles. The van der Waals surface area contributed by atoms with Gasteiger partial charge in [0.1, 0.15) is 11.4 Å². The number of hydrogen-bond acceptors (Lipinski definition) is 5. The highest BCUT2D eigenvalue weighted by Crippen LogP contribution is 2.23. The standard InChI is InChI=1S/C15H16ClN3O4S/c16-12-3-1-2-4-14(12)23-10-19-7-5-13(18-19)15(20)17-11-6-8-24(21,22)9-11/h1-5,7,11H,6,8-10H2,(H,17,20). The van der Waals surface area contributed by atoms with E-state index in [1.54, 1.807) is 36.5 Å². The molecule has 1 amide bonds. The summed E-state index contributed by atoms with van der Waals surface area (Å²) in [6.45, 7) is 0.106. The quantitative estimate of drug-likeness (QED) is 0.862. The molecule has 0 aliphatic carbocycles. The third-order valence-corrected chi connectivity index (χ3v) is 5.71. The van der Waals surface area contributed by atoms with Crippen LogP contribution in [0.1, 0.15) is 16.9 Å². The Morgan fingerprint density at radius 3 is 2.88 bits per heavy atom. The molecule has 1 aliphatic heterocycles. The number of nitrogens with one attached hydrogen (secondary N) is 1. The smallest absolute Gasteiger partial charge is 0.272 e. The summed E-state index contributed by atoms with van der Waals surface area (Å²) in [4.78, 5) is 12.1. The molecule has 2 heterocycles. The number of rotatable bonds is 5. The van der Waals surface area contributed by atoms with Crippen molar-refractivity contribution < 1.29 is 17.9 Å². The lowest BCUT2D eigenvalue weighted by molar-refractivity contribution is 0.0934. The lowest BCUT2D eigenvalue weighted by Gasteiger charge is -2.09. The van der Waals surface area contributed by atoms with Gasteiger partial charge in [0.2, 0.25) is 0 Å². The van der Waals surface area contributed by atoms with Gasteiger partial charge in [-0.2, -0.15) is 5.10 Å². The molecule has 24 heavy (non-hydrogen) atoms. The monoisotopic (exact) mass is 369 g/mol. The van der Waals surface area contributed by atoms with Crippen molar-refractivity contribution in [2.45, 2.75) is 19.2 Å². The number of amides is 1. The van der Waals surface area contributed by atoms with Crippen molar-refractivity contribution in [3.8, 4) is 5.75 Å². The lowest BCUT2D eigenvalue weighted by atomic mass is 10.2. The summed E-state index contributed by atoms with van der Waals surface area (Å²) < 4.78 is 29.8. The maximum absolute atomic E-state index is 12.1. The van der Waals surface area contributed by atoms with Gasteiger partial charge in [-0.05, 0) is 24.6 Å². The third-order valence-electron chi connectivity index (χ3n) is 3.63. The third kappa shape index (κ3) is 4.07. The zero-order chi connectivity index (χ0) is 17.2. The van der Waals surface area contributed by atoms with Crippen LogP contribution in [0.5, 0.6) is 5.75 Å². The molecule has 7 nitrogen and oxygen atoms in total. The maximum atomic E-state index is 12.1. The van der Waals surface area contributed by atoms with E-state index < -0.39 is 15.7 Å². The van der Waals surface area contributed by atoms with E-state index in [4.69, 9.17) is 16.3 Å². The zero-order valence-corrected chi connectivity index (χ0v) is 14.3. The molecule has 1 atom stereocenters. The van der Waals surface area contributed by atoms with E-state index in [2.05, 4.69) is 10.4 Å². The number of carbonyl (C=O) groups excluding carboxylic acids is 1. The normalized spacial score (nSPS) is 19.1. The maximum Gasteiger partial charge on any atom is 0.272 e. The number of nitrogens with zero attached hydrogens (tertiary/aromatic N) is 2. The number of halogens is 1. The second-order valence-electron chi connectivity index (χ2n) is 5.52. The van der Waals surface area contributed by atoms with Gasteiger partial charge in [0, 0.05) is 12.2 Å². The number of para-hydroxylation sites is 1. The lowest BCUT2D eigenvalue weighted by Crippen LogP contribution is -2.35. The highest BCUT2D eigenvalue weighted by molar-refractivity contribution is 7.91. The fourth-order valence-corrected chi connectivity index (χ4v) is 4.28. The Hall–Kier alpha value is -2.06. The van der Waals surface area contributed by atoms with Crippen molar-refractivity contribution >= 4 is 27.3 Å². The van der Waals surface area contributed by atoms with Gasteiger partial charge in [0.15, 0.2) is 16.6 Å². The van der Waals surface area contributed by atoms with Gasteiger partial charge < -0.3 is 10.1 Å². The van der Waals surface area contributed by atoms with Crippen LogP contribution in [0.25, 0.3) is 0 Å². The van der Waals surface area contributed by atoms with Gasteiger partial charge in [-0.15, -0.1) is 0 Å². The van der Waals surface area contributed by atoms with Gasteiger partial charge >= 0.3 is 0 Å². The predicted molar refractivity (Wildman–Crippen MR) is 88.8 cm³/mol. The second-order valence-corrected chi connectivity index (χ2v) is 8.15. The summed E-state index contributed by atoms with van der Waals surface area (Å²) in [6, 6.07) is 8.25. The van der Waals surface area contributed by atoms with Crippen LogP contribution in [-0.4, -0.2) is 41.7 Å². The summed E-state index contributed by atoms with van der Waals surface area (Å²) in [7, 11) is -3.03. The first-order valence-corrected chi connectivity index (χ1v) is 9.55. The number of carbonyl (C=O) groups is 1. The van der Waals surface area contributed by atoms with Crippen LogP contribution >= 0.6 is 11.6 Å². The van der Waals surface area contributed by atoms with Crippen LogP contribution in [0.4, 0.5) is 0 Å².